The van der Waals surface area contributed by atoms with E-state index in [4.69, 9.17) is 9.72 Å². The standard InChI is InChI=1S/C20H22N6O/c1-14-12-15(2)23-20(22-14)26-10-11-27-17(13-26)16-6-5-8-19(24-16)25-18-7-3-4-9-21-18/h3-9,12,17H,10-11,13H2,1-2H3,(H,21,24,25)/t17-/m0/s1. The van der Waals surface area contributed by atoms with Crippen LogP contribution < -0.4 is 10.2 Å². The van der Waals surface area contributed by atoms with Crippen LogP contribution in [0, 0.1) is 13.8 Å². The molecule has 4 heterocycles. The van der Waals surface area contributed by atoms with Gasteiger partial charge in [0.2, 0.25) is 5.95 Å². The van der Waals surface area contributed by atoms with E-state index in [1.807, 2.05) is 56.3 Å². The summed E-state index contributed by atoms with van der Waals surface area (Å²) in [6.07, 6.45) is 1.62. The highest BCUT2D eigenvalue weighted by molar-refractivity contribution is 5.51. The van der Waals surface area contributed by atoms with Gasteiger partial charge in [0.15, 0.2) is 0 Å². The van der Waals surface area contributed by atoms with E-state index in [0.29, 0.717) is 13.2 Å². The van der Waals surface area contributed by atoms with Crippen LogP contribution in [0.1, 0.15) is 23.2 Å². The smallest absolute Gasteiger partial charge is 0.225 e. The molecule has 7 heteroatoms. The second kappa shape index (κ2) is 7.67. The molecule has 1 fully saturated rings. The Bertz CT molecular complexity index is 897. The number of hydrogen-bond acceptors (Lipinski definition) is 7. The van der Waals surface area contributed by atoms with Crippen LogP contribution in [0.4, 0.5) is 17.6 Å². The summed E-state index contributed by atoms with van der Waals surface area (Å²) in [5, 5.41) is 3.23. The zero-order valence-electron chi connectivity index (χ0n) is 15.5. The summed E-state index contributed by atoms with van der Waals surface area (Å²) in [7, 11) is 0. The Morgan fingerprint density at radius 1 is 1.00 bits per heavy atom. The number of aryl methyl sites for hydroxylation is 2. The number of hydrogen-bond donors (Lipinski definition) is 1. The fourth-order valence-electron chi connectivity index (χ4n) is 3.13. The summed E-state index contributed by atoms with van der Waals surface area (Å²) < 4.78 is 5.98. The van der Waals surface area contributed by atoms with E-state index in [0.717, 1.165) is 41.2 Å². The van der Waals surface area contributed by atoms with Crippen LogP contribution in [0.15, 0.2) is 48.7 Å². The molecule has 1 aliphatic rings. The van der Waals surface area contributed by atoms with Crippen molar-refractivity contribution in [1.82, 2.24) is 19.9 Å². The van der Waals surface area contributed by atoms with E-state index in [9.17, 15) is 0 Å². The molecule has 0 bridgehead atoms. The van der Waals surface area contributed by atoms with Gasteiger partial charge in [-0.2, -0.15) is 0 Å². The third-order valence-electron chi connectivity index (χ3n) is 4.34. The van der Waals surface area contributed by atoms with Crippen LogP contribution in [0.2, 0.25) is 0 Å². The van der Waals surface area contributed by atoms with Gasteiger partial charge in [-0.3, -0.25) is 0 Å². The molecule has 1 N–H and O–H groups in total. The number of aromatic nitrogens is 4. The molecule has 3 aromatic heterocycles. The maximum Gasteiger partial charge on any atom is 0.225 e. The molecule has 0 aromatic carbocycles. The number of rotatable bonds is 4. The zero-order chi connectivity index (χ0) is 18.6. The van der Waals surface area contributed by atoms with Crippen molar-refractivity contribution in [3.63, 3.8) is 0 Å². The van der Waals surface area contributed by atoms with Crippen LogP contribution in [-0.2, 0) is 4.74 Å². The van der Waals surface area contributed by atoms with Crippen molar-refractivity contribution in [2.75, 3.05) is 29.9 Å². The Morgan fingerprint density at radius 3 is 2.59 bits per heavy atom. The van der Waals surface area contributed by atoms with Gasteiger partial charge >= 0.3 is 0 Å². The van der Waals surface area contributed by atoms with Crippen molar-refractivity contribution in [2.24, 2.45) is 0 Å². The van der Waals surface area contributed by atoms with Gasteiger partial charge in [-0.15, -0.1) is 0 Å². The van der Waals surface area contributed by atoms with Crippen LogP contribution in [0.25, 0.3) is 0 Å². The third kappa shape index (κ3) is 4.20. The first-order valence-corrected chi connectivity index (χ1v) is 9.01. The van der Waals surface area contributed by atoms with Gasteiger partial charge < -0.3 is 15.0 Å². The Labute approximate surface area is 158 Å². The first kappa shape index (κ1) is 17.4. The number of nitrogens with zero attached hydrogens (tertiary/aromatic N) is 5. The Morgan fingerprint density at radius 2 is 1.81 bits per heavy atom. The predicted octanol–water partition coefficient (Wildman–Crippen LogP) is 3.20. The fraction of sp³-hybridized carbons (Fsp3) is 0.300. The van der Waals surface area contributed by atoms with Gasteiger partial charge in [0.25, 0.3) is 0 Å². The van der Waals surface area contributed by atoms with Gasteiger partial charge in [0, 0.05) is 24.1 Å². The highest BCUT2D eigenvalue weighted by Crippen LogP contribution is 2.25. The van der Waals surface area contributed by atoms with Crippen LogP contribution in [-0.4, -0.2) is 39.6 Å². The lowest BCUT2D eigenvalue weighted by molar-refractivity contribution is 0.0365. The van der Waals surface area contributed by atoms with Crippen molar-refractivity contribution in [3.05, 3.63) is 65.7 Å². The predicted molar refractivity (Wildman–Crippen MR) is 104 cm³/mol. The molecule has 4 rings (SSSR count). The zero-order valence-corrected chi connectivity index (χ0v) is 15.5. The number of ether oxygens (including phenoxy) is 1. The summed E-state index contributed by atoms with van der Waals surface area (Å²) >= 11 is 0. The average molecular weight is 362 g/mol. The highest BCUT2D eigenvalue weighted by atomic mass is 16.5. The highest BCUT2D eigenvalue weighted by Gasteiger charge is 2.25. The van der Waals surface area contributed by atoms with Gasteiger partial charge in [-0.05, 0) is 44.2 Å². The quantitative estimate of drug-likeness (QED) is 0.764. The van der Waals surface area contributed by atoms with Gasteiger partial charge in [-0.1, -0.05) is 12.1 Å². The van der Waals surface area contributed by atoms with Crippen molar-refractivity contribution in [1.29, 1.82) is 0 Å². The molecule has 1 aliphatic heterocycles. The van der Waals surface area contributed by atoms with Crippen molar-refractivity contribution in [3.8, 4) is 0 Å². The lowest BCUT2D eigenvalue weighted by Gasteiger charge is -2.33. The summed E-state index contributed by atoms with van der Waals surface area (Å²) in [5.74, 6) is 2.26. The maximum atomic E-state index is 5.98. The molecule has 0 spiro atoms. The molecule has 1 atom stereocenters. The topological polar surface area (TPSA) is 76.1 Å². The van der Waals surface area contributed by atoms with E-state index in [1.54, 1.807) is 6.20 Å². The first-order chi connectivity index (χ1) is 13.2. The van der Waals surface area contributed by atoms with Crippen LogP contribution in [0.3, 0.4) is 0 Å². The van der Waals surface area contributed by atoms with Crippen molar-refractivity contribution >= 4 is 17.6 Å². The minimum Gasteiger partial charge on any atom is -0.368 e. The fourth-order valence-corrected chi connectivity index (χ4v) is 3.13. The van der Waals surface area contributed by atoms with E-state index < -0.39 is 0 Å². The number of morpholine rings is 1. The Balaban J connectivity index is 1.52. The Hall–Kier alpha value is -3.06. The molecule has 138 valence electrons. The SMILES string of the molecule is Cc1cc(C)nc(N2CCO[C@H](c3cccc(Nc4ccccn4)n3)C2)n1. The van der Waals surface area contributed by atoms with Gasteiger partial charge in [0.05, 0.1) is 18.8 Å². The molecule has 7 nitrogen and oxygen atoms in total. The van der Waals surface area contributed by atoms with E-state index in [2.05, 4.69) is 25.2 Å². The van der Waals surface area contributed by atoms with Crippen LogP contribution >= 0.6 is 0 Å². The minimum absolute atomic E-state index is 0.131. The van der Waals surface area contributed by atoms with Crippen LogP contribution in [0.5, 0.6) is 0 Å². The monoisotopic (exact) mass is 362 g/mol. The molecule has 0 saturated carbocycles. The molecule has 1 saturated heterocycles. The van der Waals surface area contributed by atoms with Gasteiger partial charge in [0.1, 0.15) is 17.7 Å². The molecule has 0 amide bonds. The first-order valence-electron chi connectivity index (χ1n) is 9.01. The van der Waals surface area contributed by atoms with E-state index in [-0.39, 0.29) is 6.10 Å². The summed E-state index contributed by atoms with van der Waals surface area (Å²) in [4.78, 5) is 20.3. The van der Waals surface area contributed by atoms with E-state index in [1.165, 1.54) is 0 Å². The lowest BCUT2D eigenvalue weighted by atomic mass is 10.2. The number of nitrogens with one attached hydrogen (secondary N) is 1. The maximum absolute atomic E-state index is 5.98. The molecule has 27 heavy (non-hydrogen) atoms. The molecular formula is C20H22N6O. The minimum atomic E-state index is -0.131. The van der Waals surface area contributed by atoms with Gasteiger partial charge in [-0.25, -0.2) is 19.9 Å². The number of anilines is 3. The van der Waals surface area contributed by atoms with Crippen molar-refractivity contribution < 1.29 is 4.74 Å². The lowest BCUT2D eigenvalue weighted by Crippen LogP contribution is -2.39. The molecule has 0 aliphatic carbocycles. The number of pyridine rings is 2. The largest absolute Gasteiger partial charge is 0.368 e. The Kier molecular flexibility index (Phi) is 4.93. The van der Waals surface area contributed by atoms with E-state index >= 15 is 0 Å². The molecular weight excluding hydrogens is 340 g/mol. The normalized spacial score (nSPS) is 17.0. The molecule has 0 radical (unpaired) electrons. The van der Waals surface area contributed by atoms with Crippen molar-refractivity contribution in [2.45, 2.75) is 20.0 Å². The second-order valence-electron chi connectivity index (χ2n) is 6.54. The summed E-state index contributed by atoms with van der Waals surface area (Å²) in [5.41, 5.74) is 2.82. The molecule has 3 aromatic rings. The molecule has 0 unspecified atom stereocenters. The second-order valence-corrected chi connectivity index (χ2v) is 6.54. The summed E-state index contributed by atoms with van der Waals surface area (Å²) in [6.45, 7) is 6.03. The average Bonchev–Trinajstić information content (AvgIpc) is 2.68. The third-order valence-corrected chi connectivity index (χ3v) is 4.34. The summed E-state index contributed by atoms with van der Waals surface area (Å²) in [6, 6.07) is 13.6.